The van der Waals surface area contributed by atoms with Crippen molar-refractivity contribution in [2.75, 3.05) is 20.6 Å². The van der Waals surface area contributed by atoms with E-state index in [0.717, 1.165) is 19.5 Å². The van der Waals surface area contributed by atoms with Crippen molar-refractivity contribution < 1.29 is 4.79 Å². The Labute approximate surface area is 107 Å². The third-order valence-corrected chi connectivity index (χ3v) is 3.28. The van der Waals surface area contributed by atoms with Gasteiger partial charge in [0.15, 0.2) is 5.69 Å². The van der Waals surface area contributed by atoms with Gasteiger partial charge in [-0.1, -0.05) is 11.6 Å². The van der Waals surface area contributed by atoms with E-state index in [2.05, 4.69) is 15.6 Å². The summed E-state index contributed by atoms with van der Waals surface area (Å²) >= 11 is 0. The fourth-order valence-corrected chi connectivity index (χ4v) is 2.19. The summed E-state index contributed by atoms with van der Waals surface area (Å²) in [6, 6.07) is 0.580. The molecular formula is C12H21N5O. The SMILES string of the molecule is CN(C)C(=O)c1cn(CCC2CCCCN2)nn1. The standard InChI is InChI=1S/C12H21N5O/c1-16(2)12(18)11-9-17(15-14-11)8-6-10-5-3-4-7-13-10/h9-10,13H,3-8H2,1-2H3. The summed E-state index contributed by atoms with van der Waals surface area (Å²) in [5.74, 6) is -0.1000. The van der Waals surface area contributed by atoms with Crippen LogP contribution in [-0.4, -0.2) is 52.5 Å². The zero-order valence-electron chi connectivity index (χ0n) is 11.1. The molecular weight excluding hydrogens is 230 g/mol. The van der Waals surface area contributed by atoms with Crippen LogP contribution in [0.1, 0.15) is 36.2 Å². The van der Waals surface area contributed by atoms with Gasteiger partial charge in [0.1, 0.15) is 0 Å². The molecule has 1 aromatic rings. The second-order valence-corrected chi connectivity index (χ2v) is 5.00. The van der Waals surface area contributed by atoms with Crippen LogP contribution in [0.25, 0.3) is 0 Å². The van der Waals surface area contributed by atoms with Crippen LogP contribution in [0.4, 0.5) is 0 Å². The molecule has 0 aromatic carbocycles. The highest BCUT2D eigenvalue weighted by molar-refractivity contribution is 5.91. The lowest BCUT2D eigenvalue weighted by Crippen LogP contribution is -2.34. The Morgan fingerprint density at radius 2 is 2.39 bits per heavy atom. The topological polar surface area (TPSA) is 63.1 Å². The van der Waals surface area contributed by atoms with Crippen LogP contribution in [0.3, 0.4) is 0 Å². The second-order valence-electron chi connectivity index (χ2n) is 5.00. The average molecular weight is 251 g/mol. The summed E-state index contributed by atoms with van der Waals surface area (Å²) in [5, 5.41) is 11.4. The number of nitrogens with one attached hydrogen (secondary N) is 1. The number of rotatable bonds is 4. The number of carbonyl (C=O) groups excluding carboxylic acids is 1. The molecule has 0 radical (unpaired) electrons. The summed E-state index contributed by atoms with van der Waals surface area (Å²) in [6.07, 6.45) is 6.59. The minimum absolute atomic E-state index is 0.1000. The first-order valence-corrected chi connectivity index (χ1v) is 6.52. The first-order valence-electron chi connectivity index (χ1n) is 6.52. The molecule has 2 rings (SSSR count). The van der Waals surface area contributed by atoms with Crippen molar-refractivity contribution >= 4 is 5.91 Å². The van der Waals surface area contributed by atoms with Gasteiger partial charge in [0.25, 0.3) is 5.91 Å². The molecule has 0 bridgehead atoms. The largest absolute Gasteiger partial charge is 0.343 e. The third-order valence-electron chi connectivity index (χ3n) is 3.28. The Morgan fingerprint density at radius 1 is 1.56 bits per heavy atom. The predicted molar refractivity (Wildman–Crippen MR) is 68.3 cm³/mol. The molecule has 1 fully saturated rings. The van der Waals surface area contributed by atoms with Gasteiger partial charge in [-0.25, -0.2) is 0 Å². The molecule has 0 spiro atoms. The molecule has 100 valence electrons. The zero-order chi connectivity index (χ0) is 13.0. The zero-order valence-corrected chi connectivity index (χ0v) is 11.1. The van der Waals surface area contributed by atoms with Crippen molar-refractivity contribution in [1.29, 1.82) is 0 Å². The molecule has 1 unspecified atom stereocenters. The summed E-state index contributed by atoms with van der Waals surface area (Å²) in [5.41, 5.74) is 0.414. The van der Waals surface area contributed by atoms with Gasteiger partial charge in [-0.3, -0.25) is 9.48 Å². The van der Waals surface area contributed by atoms with Crippen LogP contribution in [0.2, 0.25) is 0 Å². The maximum atomic E-state index is 11.7. The fourth-order valence-electron chi connectivity index (χ4n) is 2.19. The van der Waals surface area contributed by atoms with Crippen LogP contribution in [0.15, 0.2) is 6.20 Å². The molecule has 1 aromatic heterocycles. The number of carbonyl (C=O) groups is 1. The smallest absolute Gasteiger partial charge is 0.275 e. The number of piperidine rings is 1. The lowest BCUT2D eigenvalue weighted by Gasteiger charge is -2.23. The van der Waals surface area contributed by atoms with E-state index in [1.165, 1.54) is 24.2 Å². The highest BCUT2D eigenvalue weighted by Gasteiger charge is 2.15. The maximum absolute atomic E-state index is 11.7. The first kappa shape index (κ1) is 13.0. The number of hydrogen-bond acceptors (Lipinski definition) is 4. The Kier molecular flexibility index (Phi) is 4.30. The quantitative estimate of drug-likeness (QED) is 0.847. The minimum Gasteiger partial charge on any atom is -0.343 e. The van der Waals surface area contributed by atoms with E-state index in [1.54, 1.807) is 25.0 Å². The van der Waals surface area contributed by atoms with Gasteiger partial charge in [0, 0.05) is 26.7 Å². The molecule has 18 heavy (non-hydrogen) atoms. The van der Waals surface area contributed by atoms with Crippen LogP contribution < -0.4 is 5.32 Å². The molecule has 1 N–H and O–H groups in total. The molecule has 1 atom stereocenters. The number of nitrogens with zero attached hydrogens (tertiary/aromatic N) is 4. The normalized spacial score (nSPS) is 19.8. The number of amides is 1. The Hall–Kier alpha value is -1.43. The van der Waals surface area contributed by atoms with Gasteiger partial charge in [0.05, 0.1) is 6.20 Å². The van der Waals surface area contributed by atoms with Crippen molar-refractivity contribution in [2.24, 2.45) is 0 Å². The van der Waals surface area contributed by atoms with Gasteiger partial charge < -0.3 is 10.2 Å². The summed E-state index contributed by atoms with van der Waals surface area (Å²) in [6.45, 7) is 1.93. The molecule has 1 aliphatic rings. The van der Waals surface area contributed by atoms with E-state index >= 15 is 0 Å². The van der Waals surface area contributed by atoms with E-state index in [-0.39, 0.29) is 5.91 Å². The van der Waals surface area contributed by atoms with Crippen molar-refractivity contribution in [3.63, 3.8) is 0 Å². The lowest BCUT2D eigenvalue weighted by atomic mass is 10.0. The van der Waals surface area contributed by atoms with E-state index in [4.69, 9.17) is 0 Å². The van der Waals surface area contributed by atoms with Crippen molar-refractivity contribution in [2.45, 2.75) is 38.3 Å². The highest BCUT2D eigenvalue weighted by Crippen LogP contribution is 2.10. The number of hydrogen-bond donors (Lipinski definition) is 1. The molecule has 0 saturated carbocycles. The third kappa shape index (κ3) is 3.29. The van der Waals surface area contributed by atoms with E-state index in [0.29, 0.717) is 11.7 Å². The van der Waals surface area contributed by atoms with E-state index < -0.39 is 0 Å². The van der Waals surface area contributed by atoms with E-state index in [1.807, 2.05) is 0 Å². The summed E-state index contributed by atoms with van der Waals surface area (Å²) < 4.78 is 1.76. The predicted octanol–water partition coefficient (Wildman–Crippen LogP) is 0.512. The second kappa shape index (κ2) is 5.95. The Morgan fingerprint density at radius 3 is 3.06 bits per heavy atom. The molecule has 2 heterocycles. The first-order chi connectivity index (χ1) is 8.66. The Bertz CT molecular complexity index is 395. The molecule has 0 aliphatic carbocycles. The van der Waals surface area contributed by atoms with Gasteiger partial charge in [-0.15, -0.1) is 5.10 Å². The molecule has 6 nitrogen and oxygen atoms in total. The number of aryl methyl sites for hydroxylation is 1. The summed E-state index contributed by atoms with van der Waals surface area (Å²) in [4.78, 5) is 13.2. The van der Waals surface area contributed by atoms with Gasteiger partial charge in [-0.05, 0) is 25.8 Å². The molecule has 1 saturated heterocycles. The van der Waals surface area contributed by atoms with Gasteiger partial charge in [-0.2, -0.15) is 0 Å². The van der Waals surface area contributed by atoms with Crippen LogP contribution in [0.5, 0.6) is 0 Å². The van der Waals surface area contributed by atoms with Crippen LogP contribution in [-0.2, 0) is 6.54 Å². The van der Waals surface area contributed by atoms with Crippen molar-refractivity contribution in [3.05, 3.63) is 11.9 Å². The number of aromatic nitrogens is 3. The van der Waals surface area contributed by atoms with Gasteiger partial charge >= 0.3 is 0 Å². The minimum atomic E-state index is -0.1000. The van der Waals surface area contributed by atoms with E-state index in [9.17, 15) is 4.79 Å². The van der Waals surface area contributed by atoms with Gasteiger partial charge in [0.2, 0.25) is 0 Å². The van der Waals surface area contributed by atoms with Crippen molar-refractivity contribution in [3.8, 4) is 0 Å². The van der Waals surface area contributed by atoms with Crippen LogP contribution >= 0.6 is 0 Å². The van der Waals surface area contributed by atoms with Crippen molar-refractivity contribution in [1.82, 2.24) is 25.2 Å². The lowest BCUT2D eigenvalue weighted by molar-refractivity contribution is 0.0822. The molecule has 6 heteroatoms. The highest BCUT2D eigenvalue weighted by atomic mass is 16.2. The molecule has 1 aliphatic heterocycles. The average Bonchev–Trinajstić information content (AvgIpc) is 2.85. The monoisotopic (exact) mass is 251 g/mol. The fraction of sp³-hybridized carbons (Fsp3) is 0.750. The molecule has 1 amide bonds. The summed E-state index contributed by atoms with van der Waals surface area (Å²) in [7, 11) is 3.43. The Balaban J connectivity index is 1.84. The maximum Gasteiger partial charge on any atom is 0.275 e. The van der Waals surface area contributed by atoms with Crippen LogP contribution in [0, 0.1) is 0 Å².